The number of nitrogens with one attached hydrogen (secondary N) is 1. The molecule has 1 aliphatic rings. The first-order chi connectivity index (χ1) is 17.6. The molecule has 0 unspecified atom stereocenters. The number of carbonyl (C=O) groups is 2. The third-order valence-corrected chi connectivity index (χ3v) is 8.23. The van der Waals surface area contributed by atoms with Crippen molar-refractivity contribution in [3.63, 3.8) is 0 Å². The van der Waals surface area contributed by atoms with Crippen molar-refractivity contribution in [3.05, 3.63) is 58.6 Å². The summed E-state index contributed by atoms with van der Waals surface area (Å²) in [4.78, 5) is 28.7. The standard InChI is InChI=1S/C27H36BrN3O5S/c1-4-25(27(33)29-22-12-6-5-7-13-22)30(18-20-10-8-15-24(16-20)36-2)26(32)19-31(37(3,34)35)23-14-9-11-21(28)17-23/h8-11,14-17,22,25H,4-7,12-13,18-19H2,1-3H3,(H,29,33)/t25-/m0/s1. The van der Waals surface area contributed by atoms with Crippen LogP contribution < -0.4 is 14.4 Å². The zero-order chi connectivity index (χ0) is 27.0. The number of rotatable bonds is 11. The van der Waals surface area contributed by atoms with Crippen molar-refractivity contribution in [1.82, 2.24) is 10.2 Å². The Hall–Kier alpha value is -2.59. The largest absolute Gasteiger partial charge is 0.497 e. The molecule has 0 spiro atoms. The molecule has 1 fully saturated rings. The van der Waals surface area contributed by atoms with E-state index >= 15 is 0 Å². The fraction of sp³-hybridized carbons (Fsp3) is 0.481. The van der Waals surface area contributed by atoms with Gasteiger partial charge in [0.2, 0.25) is 21.8 Å². The molecule has 0 bridgehead atoms. The van der Waals surface area contributed by atoms with Crippen molar-refractivity contribution in [3.8, 4) is 5.75 Å². The molecule has 3 rings (SSSR count). The number of benzene rings is 2. The summed E-state index contributed by atoms with van der Waals surface area (Å²) in [5.41, 5.74) is 1.15. The summed E-state index contributed by atoms with van der Waals surface area (Å²) in [6.07, 6.45) is 6.63. The summed E-state index contributed by atoms with van der Waals surface area (Å²) in [7, 11) is -2.21. The molecule has 10 heteroatoms. The molecule has 37 heavy (non-hydrogen) atoms. The average Bonchev–Trinajstić information content (AvgIpc) is 2.87. The quantitative estimate of drug-likeness (QED) is 0.414. The van der Waals surface area contributed by atoms with Crippen LogP contribution in [0.15, 0.2) is 53.0 Å². The molecule has 0 radical (unpaired) electrons. The highest BCUT2D eigenvalue weighted by Crippen LogP contribution is 2.24. The van der Waals surface area contributed by atoms with Gasteiger partial charge in [-0.25, -0.2) is 8.42 Å². The molecule has 0 heterocycles. The molecular weight excluding hydrogens is 558 g/mol. The van der Waals surface area contributed by atoms with E-state index in [9.17, 15) is 18.0 Å². The highest BCUT2D eigenvalue weighted by atomic mass is 79.9. The number of hydrogen-bond donors (Lipinski definition) is 1. The van der Waals surface area contributed by atoms with Gasteiger partial charge in [0.25, 0.3) is 0 Å². The van der Waals surface area contributed by atoms with E-state index in [0.29, 0.717) is 22.3 Å². The van der Waals surface area contributed by atoms with E-state index in [1.54, 1.807) is 37.4 Å². The van der Waals surface area contributed by atoms with Gasteiger partial charge in [-0.1, -0.05) is 60.3 Å². The molecule has 2 aromatic carbocycles. The fourth-order valence-corrected chi connectivity index (χ4v) is 5.90. The van der Waals surface area contributed by atoms with Gasteiger partial charge in [0.05, 0.1) is 19.1 Å². The summed E-state index contributed by atoms with van der Waals surface area (Å²) in [5, 5.41) is 3.14. The molecule has 2 amide bonds. The van der Waals surface area contributed by atoms with Gasteiger partial charge in [-0.3, -0.25) is 13.9 Å². The minimum Gasteiger partial charge on any atom is -0.497 e. The van der Waals surface area contributed by atoms with Gasteiger partial charge >= 0.3 is 0 Å². The van der Waals surface area contributed by atoms with Crippen LogP contribution >= 0.6 is 15.9 Å². The first-order valence-corrected chi connectivity index (χ1v) is 15.2. The number of methoxy groups -OCH3 is 1. The molecule has 1 N–H and O–H groups in total. The Kier molecular flexibility index (Phi) is 10.4. The van der Waals surface area contributed by atoms with Crippen molar-refractivity contribution < 1.29 is 22.7 Å². The second kappa shape index (κ2) is 13.3. The van der Waals surface area contributed by atoms with Gasteiger partial charge in [0.1, 0.15) is 18.3 Å². The van der Waals surface area contributed by atoms with E-state index in [1.807, 2.05) is 25.1 Å². The van der Waals surface area contributed by atoms with Gasteiger partial charge < -0.3 is 15.0 Å². The van der Waals surface area contributed by atoms with Crippen LogP contribution in [0.2, 0.25) is 0 Å². The number of halogens is 1. The number of carbonyl (C=O) groups excluding carboxylic acids is 2. The van der Waals surface area contributed by atoms with Crippen molar-refractivity contribution in [2.45, 2.75) is 64.1 Å². The molecule has 0 saturated heterocycles. The molecule has 0 aromatic heterocycles. The zero-order valence-electron chi connectivity index (χ0n) is 21.7. The van der Waals surface area contributed by atoms with E-state index in [1.165, 1.54) is 11.3 Å². The molecule has 1 saturated carbocycles. The van der Waals surface area contributed by atoms with E-state index in [0.717, 1.165) is 41.8 Å². The van der Waals surface area contributed by atoms with Crippen LogP contribution in [0.3, 0.4) is 0 Å². The molecule has 8 nitrogen and oxygen atoms in total. The van der Waals surface area contributed by atoms with Crippen molar-refractivity contribution in [1.29, 1.82) is 0 Å². The predicted octanol–water partition coefficient (Wildman–Crippen LogP) is 4.48. The summed E-state index contributed by atoms with van der Waals surface area (Å²) in [6, 6.07) is 13.4. The molecule has 1 aliphatic carbocycles. The van der Waals surface area contributed by atoms with Crippen LogP contribution in [0.4, 0.5) is 5.69 Å². The van der Waals surface area contributed by atoms with Crippen LogP contribution in [0.5, 0.6) is 5.75 Å². The normalized spacial score (nSPS) is 15.0. The van der Waals surface area contributed by atoms with Crippen LogP contribution in [0.25, 0.3) is 0 Å². The maximum absolute atomic E-state index is 13.8. The Morgan fingerprint density at radius 3 is 2.43 bits per heavy atom. The lowest BCUT2D eigenvalue weighted by Gasteiger charge is -2.34. The van der Waals surface area contributed by atoms with Crippen LogP contribution in [-0.4, -0.2) is 57.1 Å². The van der Waals surface area contributed by atoms with Crippen LogP contribution in [0, 0.1) is 0 Å². The van der Waals surface area contributed by atoms with Gasteiger partial charge in [-0.15, -0.1) is 0 Å². The van der Waals surface area contributed by atoms with E-state index in [4.69, 9.17) is 4.74 Å². The van der Waals surface area contributed by atoms with Gasteiger partial charge in [-0.2, -0.15) is 0 Å². The minimum atomic E-state index is -3.78. The predicted molar refractivity (Wildman–Crippen MR) is 149 cm³/mol. The Morgan fingerprint density at radius 2 is 1.81 bits per heavy atom. The number of sulfonamides is 1. The molecular formula is C27H36BrN3O5S. The van der Waals surface area contributed by atoms with Gasteiger partial charge in [-0.05, 0) is 55.2 Å². The summed E-state index contributed by atoms with van der Waals surface area (Å²) in [6.45, 7) is 1.58. The molecule has 0 aliphatic heterocycles. The van der Waals surface area contributed by atoms with Crippen molar-refractivity contribution in [2.24, 2.45) is 0 Å². The van der Waals surface area contributed by atoms with Crippen LogP contribution in [-0.2, 0) is 26.2 Å². The Labute approximate surface area is 228 Å². The van der Waals surface area contributed by atoms with Crippen molar-refractivity contribution >= 4 is 43.5 Å². The maximum Gasteiger partial charge on any atom is 0.244 e. The Morgan fingerprint density at radius 1 is 1.11 bits per heavy atom. The highest BCUT2D eigenvalue weighted by molar-refractivity contribution is 9.10. The third-order valence-electron chi connectivity index (χ3n) is 6.60. The molecule has 202 valence electrons. The lowest BCUT2D eigenvalue weighted by atomic mass is 9.95. The van der Waals surface area contributed by atoms with Crippen LogP contribution in [0.1, 0.15) is 51.0 Å². The molecule has 1 atom stereocenters. The van der Waals surface area contributed by atoms with E-state index < -0.39 is 28.5 Å². The third kappa shape index (κ3) is 8.20. The summed E-state index contributed by atoms with van der Waals surface area (Å²) >= 11 is 3.37. The summed E-state index contributed by atoms with van der Waals surface area (Å²) in [5.74, 6) is -0.0330. The topological polar surface area (TPSA) is 96.0 Å². The Balaban J connectivity index is 1.92. The zero-order valence-corrected chi connectivity index (χ0v) is 24.1. The monoisotopic (exact) mass is 593 g/mol. The SMILES string of the molecule is CC[C@@H](C(=O)NC1CCCCC1)N(Cc1cccc(OC)c1)C(=O)CN(c1cccc(Br)c1)S(C)(=O)=O. The lowest BCUT2D eigenvalue weighted by molar-refractivity contribution is -0.140. The average molecular weight is 595 g/mol. The Bertz CT molecular complexity index is 1180. The second-order valence-electron chi connectivity index (χ2n) is 9.39. The lowest BCUT2D eigenvalue weighted by Crippen LogP contribution is -2.53. The number of ether oxygens (including phenoxy) is 1. The highest BCUT2D eigenvalue weighted by Gasteiger charge is 2.33. The van der Waals surface area contributed by atoms with E-state index in [2.05, 4.69) is 21.2 Å². The van der Waals surface area contributed by atoms with Gasteiger partial charge in [0, 0.05) is 17.1 Å². The smallest absolute Gasteiger partial charge is 0.244 e. The molecule has 2 aromatic rings. The second-order valence-corrected chi connectivity index (χ2v) is 12.2. The number of amides is 2. The van der Waals surface area contributed by atoms with Crippen molar-refractivity contribution in [2.75, 3.05) is 24.2 Å². The number of anilines is 1. The fourth-order valence-electron chi connectivity index (χ4n) is 4.68. The number of hydrogen-bond acceptors (Lipinski definition) is 5. The number of nitrogens with zero attached hydrogens (tertiary/aromatic N) is 2. The van der Waals surface area contributed by atoms with Gasteiger partial charge in [0.15, 0.2) is 0 Å². The summed E-state index contributed by atoms with van der Waals surface area (Å²) < 4.78 is 32.5. The van der Waals surface area contributed by atoms with E-state index in [-0.39, 0.29) is 18.5 Å². The first kappa shape index (κ1) is 29.0. The minimum absolute atomic E-state index is 0.0956. The maximum atomic E-state index is 13.8. The first-order valence-electron chi connectivity index (χ1n) is 12.6.